The molecular formula is C9H12OP+. The van der Waals surface area contributed by atoms with E-state index in [1.54, 1.807) is 0 Å². The average molecular weight is 167 g/mol. The molecule has 0 radical (unpaired) electrons. The topological polar surface area (TPSA) is 17.1 Å². The highest BCUT2D eigenvalue weighted by Crippen LogP contribution is 2.19. The van der Waals surface area contributed by atoms with E-state index in [9.17, 15) is 4.57 Å². The summed E-state index contributed by atoms with van der Waals surface area (Å²) in [5.41, 5.74) is 0. The maximum Gasteiger partial charge on any atom is 0.376 e. The summed E-state index contributed by atoms with van der Waals surface area (Å²) in [5, 5.41) is 0.976. The van der Waals surface area contributed by atoms with Gasteiger partial charge in [0.15, 0.2) is 11.5 Å². The molecule has 0 aromatic heterocycles. The Morgan fingerprint density at radius 3 is 2.45 bits per heavy atom. The van der Waals surface area contributed by atoms with Crippen molar-refractivity contribution >= 4 is 13.1 Å². The Hall–Kier alpha value is -0.680. The fourth-order valence-electron chi connectivity index (χ4n) is 0.926. The van der Waals surface area contributed by atoms with Crippen molar-refractivity contribution in [1.82, 2.24) is 0 Å². The molecule has 2 heteroatoms. The Bertz CT molecular complexity index is 231. The number of rotatable bonds is 3. The number of hydrogen-bond donors (Lipinski definition) is 0. The lowest BCUT2D eigenvalue weighted by Crippen LogP contribution is -1.95. The van der Waals surface area contributed by atoms with E-state index in [0.29, 0.717) is 0 Å². The van der Waals surface area contributed by atoms with E-state index in [4.69, 9.17) is 0 Å². The van der Waals surface area contributed by atoms with E-state index in [0.717, 1.165) is 17.9 Å². The molecule has 0 spiro atoms. The minimum absolute atomic E-state index is 0.805. The third kappa shape index (κ3) is 2.44. The smallest absolute Gasteiger partial charge is 0.0681 e. The minimum Gasteiger partial charge on any atom is -0.0681 e. The summed E-state index contributed by atoms with van der Waals surface area (Å²) >= 11 is 0. The van der Waals surface area contributed by atoms with Crippen molar-refractivity contribution < 1.29 is 4.57 Å². The van der Waals surface area contributed by atoms with Crippen LogP contribution in [0.3, 0.4) is 0 Å². The zero-order valence-corrected chi connectivity index (χ0v) is 7.55. The quantitative estimate of drug-likeness (QED) is 0.632. The molecule has 0 aliphatic carbocycles. The highest BCUT2D eigenvalue weighted by Gasteiger charge is 2.15. The first kappa shape index (κ1) is 8.42. The van der Waals surface area contributed by atoms with Crippen molar-refractivity contribution in [3.63, 3.8) is 0 Å². The van der Waals surface area contributed by atoms with Crippen molar-refractivity contribution in [1.29, 1.82) is 0 Å². The van der Waals surface area contributed by atoms with Crippen LogP contribution in [-0.2, 0) is 4.57 Å². The Morgan fingerprint density at radius 1 is 1.27 bits per heavy atom. The van der Waals surface area contributed by atoms with Crippen molar-refractivity contribution in [3.05, 3.63) is 30.3 Å². The fourth-order valence-corrected chi connectivity index (χ4v) is 2.10. The zero-order chi connectivity index (χ0) is 8.10. The molecule has 11 heavy (non-hydrogen) atoms. The van der Waals surface area contributed by atoms with E-state index in [1.165, 1.54) is 0 Å². The van der Waals surface area contributed by atoms with Crippen LogP contribution in [0.15, 0.2) is 30.3 Å². The molecule has 0 saturated heterocycles. The monoisotopic (exact) mass is 167 g/mol. The molecule has 1 rings (SSSR count). The van der Waals surface area contributed by atoms with Gasteiger partial charge in [0.05, 0.1) is 0 Å². The van der Waals surface area contributed by atoms with Gasteiger partial charge in [-0.05, 0) is 18.6 Å². The second-order valence-electron chi connectivity index (χ2n) is 2.44. The van der Waals surface area contributed by atoms with Gasteiger partial charge in [0.2, 0.25) is 0 Å². The van der Waals surface area contributed by atoms with Crippen LogP contribution in [0.4, 0.5) is 0 Å². The van der Waals surface area contributed by atoms with E-state index in [-0.39, 0.29) is 0 Å². The van der Waals surface area contributed by atoms with Crippen molar-refractivity contribution in [3.8, 4) is 0 Å². The highest BCUT2D eigenvalue weighted by molar-refractivity contribution is 7.53. The van der Waals surface area contributed by atoms with Gasteiger partial charge < -0.3 is 0 Å². The third-order valence-corrected chi connectivity index (χ3v) is 3.20. The van der Waals surface area contributed by atoms with Gasteiger partial charge in [0.25, 0.3) is 0 Å². The summed E-state index contributed by atoms with van der Waals surface area (Å²) in [6, 6.07) is 9.65. The van der Waals surface area contributed by atoms with Crippen LogP contribution in [0.1, 0.15) is 13.3 Å². The summed E-state index contributed by atoms with van der Waals surface area (Å²) in [7, 11) is -1.13. The summed E-state index contributed by atoms with van der Waals surface area (Å²) in [6.45, 7) is 2.05. The zero-order valence-electron chi connectivity index (χ0n) is 6.66. The lowest BCUT2D eigenvalue weighted by atomic mass is 10.4. The van der Waals surface area contributed by atoms with E-state index in [1.807, 2.05) is 30.3 Å². The van der Waals surface area contributed by atoms with Gasteiger partial charge in [-0.15, -0.1) is 0 Å². The van der Waals surface area contributed by atoms with Crippen LogP contribution in [0.2, 0.25) is 0 Å². The maximum atomic E-state index is 11.4. The molecule has 0 saturated carbocycles. The van der Waals surface area contributed by atoms with Gasteiger partial charge in [0.1, 0.15) is 0 Å². The largest absolute Gasteiger partial charge is 0.376 e. The fraction of sp³-hybridized carbons (Fsp3) is 0.333. The van der Waals surface area contributed by atoms with Gasteiger partial charge >= 0.3 is 7.80 Å². The summed E-state index contributed by atoms with van der Waals surface area (Å²) < 4.78 is 11.4. The second kappa shape index (κ2) is 4.25. The van der Waals surface area contributed by atoms with Crippen LogP contribution in [0.25, 0.3) is 0 Å². The lowest BCUT2D eigenvalue weighted by Gasteiger charge is -1.84. The third-order valence-electron chi connectivity index (χ3n) is 1.47. The number of benzene rings is 1. The predicted molar refractivity (Wildman–Crippen MR) is 48.8 cm³/mol. The van der Waals surface area contributed by atoms with Gasteiger partial charge in [-0.2, -0.15) is 0 Å². The van der Waals surface area contributed by atoms with Gasteiger partial charge in [0, 0.05) is 0 Å². The molecule has 0 heterocycles. The first-order valence-electron chi connectivity index (χ1n) is 3.84. The first-order chi connectivity index (χ1) is 5.34. The molecule has 0 aliphatic rings. The van der Waals surface area contributed by atoms with Crippen LogP contribution in [-0.4, -0.2) is 6.16 Å². The lowest BCUT2D eigenvalue weighted by molar-refractivity contribution is 0.592. The Labute approximate surface area is 68.2 Å². The molecule has 0 N–H and O–H groups in total. The SMILES string of the molecule is CCC[P+](=O)c1ccccc1. The Kier molecular flexibility index (Phi) is 3.25. The molecule has 1 unspecified atom stereocenters. The van der Waals surface area contributed by atoms with Crippen molar-refractivity contribution in [2.75, 3.05) is 6.16 Å². The van der Waals surface area contributed by atoms with Gasteiger partial charge in [-0.25, -0.2) is 0 Å². The Morgan fingerprint density at radius 2 is 1.91 bits per heavy atom. The molecule has 1 nitrogen and oxygen atoms in total. The van der Waals surface area contributed by atoms with E-state index in [2.05, 4.69) is 6.92 Å². The van der Waals surface area contributed by atoms with Crippen LogP contribution in [0.5, 0.6) is 0 Å². The summed E-state index contributed by atoms with van der Waals surface area (Å²) in [4.78, 5) is 0. The minimum atomic E-state index is -1.13. The van der Waals surface area contributed by atoms with Crippen LogP contribution >= 0.6 is 7.80 Å². The molecule has 1 atom stereocenters. The maximum absolute atomic E-state index is 11.4. The van der Waals surface area contributed by atoms with Crippen molar-refractivity contribution in [2.45, 2.75) is 13.3 Å². The van der Waals surface area contributed by atoms with Gasteiger partial charge in [-0.3, -0.25) is 0 Å². The van der Waals surface area contributed by atoms with E-state index < -0.39 is 7.80 Å². The molecule has 0 aliphatic heterocycles. The molecule has 1 aromatic carbocycles. The molecular weight excluding hydrogens is 155 g/mol. The normalized spacial score (nSPS) is 11.2. The molecule has 0 fully saturated rings. The van der Waals surface area contributed by atoms with Crippen molar-refractivity contribution in [2.24, 2.45) is 0 Å². The second-order valence-corrected chi connectivity index (χ2v) is 4.16. The molecule has 1 aromatic rings. The molecule has 58 valence electrons. The van der Waals surface area contributed by atoms with E-state index >= 15 is 0 Å². The molecule has 0 amide bonds. The standard InChI is InChI=1S/C9H12OP/c1-2-8-11(10)9-6-4-3-5-7-9/h3-7H,2,8H2,1H3/q+1. The average Bonchev–Trinajstić information content (AvgIpc) is 2.07. The Balaban J connectivity index is 2.69. The first-order valence-corrected chi connectivity index (χ1v) is 5.29. The molecule has 0 bridgehead atoms. The van der Waals surface area contributed by atoms with Gasteiger partial charge in [-0.1, -0.05) is 29.7 Å². The summed E-state index contributed by atoms with van der Waals surface area (Å²) in [6.07, 6.45) is 1.80. The van der Waals surface area contributed by atoms with Crippen LogP contribution < -0.4 is 5.30 Å². The summed E-state index contributed by atoms with van der Waals surface area (Å²) in [5.74, 6) is 0. The predicted octanol–water partition coefficient (Wildman–Crippen LogP) is 2.55. The van der Waals surface area contributed by atoms with Crippen LogP contribution in [0, 0.1) is 0 Å². The highest BCUT2D eigenvalue weighted by atomic mass is 31.1. The number of hydrogen-bond acceptors (Lipinski definition) is 1.